The average Bonchev–Trinajstić information content (AvgIpc) is 2.82. The molecule has 0 radical (unpaired) electrons. The van der Waals surface area contributed by atoms with E-state index in [2.05, 4.69) is 57.3 Å². The first kappa shape index (κ1) is 25.1. The summed E-state index contributed by atoms with van der Waals surface area (Å²) in [6, 6.07) is 21.7. The molecule has 0 saturated heterocycles. The number of ether oxygens (including phenoxy) is 1. The van der Waals surface area contributed by atoms with Crippen LogP contribution in [0.3, 0.4) is 0 Å². The van der Waals surface area contributed by atoms with Gasteiger partial charge in [-0.15, -0.1) is 0 Å². The van der Waals surface area contributed by atoms with E-state index >= 15 is 0 Å². The number of benzene rings is 3. The summed E-state index contributed by atoms with van der Waals surface area (Å²) in [5.74, 6) is 0.593. The zero-order valence-corrected chi connectivity index (χ0v) is 20.7. The van der Waals surface area contributed by atoms with Crippen molar-refractivity contribution in [3.8, 4) is 11.8 Å². The number of aryl methyl sites for hydroxylation is 3. The molecule has 4 heteroatoms. The fourth-order valence-corrected chi connectivity index (χ4v) is 4.29. The molecule has 3 aromatic carbocycles. The van der Waals surface area contributed by atoms with Gasteiger partial charge in [0.1, 0.15) is 12.4 Å². The number of nitrogens with zero attached hydrogens (tertiary/aromatic N) is 1. The Labute approximate surface area is 203 Å². The molecule has 0 heterocycles. The molecule has 0 bridgehead atoms. The van der Waals surface area contributed by atoms with Crippen LogP contribution in [0.15, 0.2) is 60.7 Å². The number of carbonyl (C=O) groups excluding carboxylic acids is 1. The maximum Gasteiger partial charge on any atom is 0.252 e. The first-order valence-electron chi connectivity index (χ1n) is 12.1. The van der Waals surface area contributed by atoms with Crippen LogP contribution in [0.4, 0.5) is 0 Å². The van der Waals surface area contributed by atoms with Crippen LogP contribution >= 0.6 is 0 Å². The molecule has 4 nitrogen and oxygen atoms in total. The van der Waals surface area contributed by atoms with Gasteiger partial charge in [0.2, 0.25) is 0 Å². The Hall–Kier alpha value is -3.58. The average molecular weight is 455 g/mol. The fraction of sp³-hybridized carbons (Fsp3) is 0.333. The van der Waals surface area contributed by atoms with Crippen molar-refractivity contribution in [1.29, 1.82) is 5.26 Å². The van der Waals surface area contributed by atoms with Crippen LogP contribution in [0, 0.1) is 25.2 Å². The van der Waals surface area contributed by atoms with Crippen LogP contribution < -0.4 is 10.1 Å². The summed E-state index contributed by atoms with van der Waals surface area (Å²) in [4.78, 5) is 13.5. The Morgan fingerprint density at radius 1 is 1.00 bits per heavy atom. The van der Waals surface area contributed by atoms with Gasteiger partial charge in [0.05, 0.1) is 17.7 Å². The van der Waals surface area contributed by atoms with Gasteiger partial charge >= 0.3 is 0 Å². The smallest absolute Gasteiger partial charge is 0.252 e. The van der Waals surface area contributed by atoms with Crippen molar-refractivity contribution in [2.75, 3.05) is 0 Å². The van der Waals surface area contributed by atoms with Crippen molar-refractivity contribution >= 4 is 5.91 Å². The van der Waals surface area contributed by atoms with Gasteiger partial charge in [-0.3, -0.25) is 4.79 Å². The minimum Gasteiger partial charge on any atom is -0.489 e. The predicted molar refractivity (Wildman–Crippen MR) is 137 cm³/mol. The number of nitriles is 1. The number of hydrogen-bond acceptors (Lipinski definition) is 3. The number of rotatable bonds is 10. The van der Waals surface area contributed by atoms with E-state index in [0.29, 0.717) is 23.5 Å². The largest absolute Gasteiger partial charge is 0.489 e. The molecule has 3 rings (SSSR count). The van der Waals surface area contributed by atoms with Crippen LogP contribution in [-0.4, -0.2) is 5.91 Å². The molecule has 3 aromatic rings. The van der Waals surface area contributed by atoms with E-state index in [1.165, 1.54) is 11.1 Å². The zero-order chi connectivity index (χ0) is 24.5. The van der Waals surface area contributed by atoms with E-state index in [-0.39, 0.29) is 11.9 Å². The van der Waals surface area contributed by atoms with E-state index in [0.717, 1.165) is 42.4 Å². The van der Waals surface area contributed by atoms with Crippen LogP contribution in [0.1, 0.15) is 82.9 Å². The molecule has 0 aliphatic carbocycles. The fourth-order valence-electron chi connectivity index (χ4n) is 4.29. The Morgan fingerprint density at radius 3 is 2.44 bits per heavy atom. The van der Waals surface area contributed by atoms with Gasteiger partial charge in [-0.25, -0.2) is 0 Å². The van der Waals surface area contributed by atoms with Gasteiger partial charge < -0.3 is 10.1 Å². The zero-order valence-electron chi connectivity index (χ0n) is 20.7. The molecule has 0 fully saturated rings. The summed E-state index contributed by atoms with van der Waals surface area (Å²) in [6.45, 7) is 8.78. The minimum atomic E-state index is -0.0469. The molecule has 0 aliphatic rings. The van der Waals surface area contributed by atoms with Crippen molar-refractivity contribution in [3.63, 3.8) is 0 Å². The summed E-state index contributed by atoms with van der Waals surface area (Å²) < 4.78 is 5.90. The van der Waals surface area contributed by atoms with E-state index in [1.54, 1.807) is 18.2 Å². The lowest BCUT2D eigenvalue weighted by atomic mass is 9.96. The number of carbonyl (C=O) groups is 1. The lowest BCUT2D eigenvalue weighted by molar-refractivity contribution is 0.0933. The van der Waals surface area contributed by atoms with Crippen LogP contribution in [0.2, 0.25) is 0 Å². The molecule has 1 unspecified atom stereocenters. The summed E-state index contributed by atoms with van der Waals surface area (Å²) in [5, 5.41) is 12.4. The molecule has 0 saturated carbocycles. The van der Waals surface area contributed by atoms with Crippen LogP contribution in [0.25, 0.3) is 0 Å². The second-order valence-corrected chi connectivity index (χ2v) is 8.91. The Balaban J connectivity index is 1.83. The molecule has 34 heavy (non-hydrogen) atoms. The summed E-state index contributed by atoms with van der Waals surface area (Å²) >= 11 is 0. The lowest BCUT2D eigenvalue weighted by Crippen LogP contribution is -2.29. The first-order chi connectivity index (χ1) is 16.4. The van der Waals surface area contributed by atoms with Crippen molar-refractivity contribution in [2.45, 2.75) is 66.0 Å². The predicted octanol–water partition coefficient (Wildman–Crippen LogP) is 6.98. The van der Waals surface area contributed by atoms with Gasteiger partial charge in [0, 0.05) is 5.56 Å². The van der Waals surface area contributed by atoms with Gasteiger partial charge in [-0.2, -0.15) is 5.26 Å². The maximum atomic E-state index is 13.5. The van der Waals surface area contributed by atoms with Crippen LogP contribution in [0.5, 0.6) is 5.75 Å². The lowest BCUT2D eigenvalue weighted by Gasteiger charge is -2.21. The Bertz CT molecular complexity index is 1160. The molecule has 1 N–H and O–H groups in total. The standard InChI is InChI=1S/C30H34N2O2/c1-5-8-25-13-12-24(20-34-27-11-7-10-23(17-27)19-31)18-28(25)30(33)32-29(9-6-2)26-15-21(3)14-22(4)16-26/h7,10-18,29H,5-6,8-9,20H2,1-4H3,(H,32,33). The molecular weight excluding hydrogens is 420 g/mol. The Kier molecular flexibility index (Phi) is 8.87. The first-order valence-corrected chi connectivity index (χ1v) is 12.1. The van der Waals surface area contributed by atoms with Crippen LogP contribution in [-0.2, 0) is 13.0 Å². The Morgan fingerprint density at radius 2 is 1.76 bits per heavy atom. The van der Waals surface area contributed by atoms with Gasteiger partial charge in [0.25, 0.3) is 5.91 Å². The summed E-state index contributed by atoms with van der Waals surface area (Å²) in [7, 11) is 0. The normalized spacial score (nSPS) is 11.5. The van der Waals surface area contributed by atoms with E-state index in [9.17, 15) is 4.79 Å². The van der Waals surface area contributed by atoms with Crippen molar-refractivity contribution in [1.82, 2.24) is 5.32 Å². The number of nitrogens with one attached hydrogen (secondary N) is 1. The highest BCUT2D eigenvalue weighted by Crippen LogP contribution is 2.24. The van der Waals surface area contributed by atoms with Gasteiger partial charge in [0.15, 0.2) is 0 Å². The van der Waals surface area contributed by atoms with Crippen molar-refractivity contribution < 1.29 is 9.53 Å². The molecular formula is C30H34N2O2. The molecule has 1 atom stereocenters. The maximum absolute atomic E-state index is 13.5. The van der Waals surface area contributed by atoms with E-state index in [1.807, 2.05) is 24.3 Å². The summed E-state index contributed by atoms with van der Waals surface area (Å²) in [6.07, 6.45) is 3.67. The van der Waals surface area contributed by atoms with Gasteiger partial charge in [-0.1, -0.05) is 74.2 Å². The number of amides is 1. The monoisotopic (exact) mass is 454 g/mol. The topological polar surface area (TPSA) is 62.1 Å². The van der Waals surface area contributed by atoms with E-state index < -0.39 is 0 Å². The highest BCUT2D eigenvalue weighted by Gasteiger charge is 2.18. The second-order valence-electron chi connectivity index (χ2n) is 8.91. The quantitative estimate of drug-likeness (QED) is 0.359. The summed E-state index contributed by atoms with van der Waals surface area (Å²) in [5.41, 5.74) is 6.80. The third kappa shape index (κ3) is 6.71. The van der Waals surface area contributed by atoms with E-state index in [4.69, 9.17) is 10.00 Å². The van der Waals surface area contributed by atoms with Crippen molar-refractivity contribution in [2.24, 2.45) is 0 Å². The number of hydrogen-bond donors (Lipinski definition) is 1. The molecule has 176 valence electrons. The van der Waals surface area contributed by atoms with Gasteiger partial charge in [-0.05, 0) is 67.6 Å². The molecule has 0 spiro atoms. The van der Waals surface area contributed by atoms with Crippen molar-refractivity contribution in [3.05, 3.63) is 99.6 Å². The molecule has 0 aliphatic heterocycles. The minimum absolute atomic E-state index is 0.0285. The third-order valence-electron chi connectivity index (χ3n) is 5.84. The second kappa shape index (κ2) is 12.0. The molecule has 1 amide bonds. The third-order valence-corrected chi connectivity index (χ3v) is 5.84. The highest BCUT2D eigenvalue weighted by atomic mass is 16.5. The molecule has 0 aromatic heterocycles. The highest BCUT2D eigenvalue weighted by molar-refractivity contribution is 5.96. The SMILES string of the molecule is CCCc1ccc(COc2cccc(C#N)c2)cc1C(=O)NC(CCC)c1cc(C)cc(C)c1.